The van der Waals surface area contributed by atoms with Crippen molar-refractivity contribution in [2.75, 3.05) is 10.6 Å². The SMILES string of the molecule is FC(F)Sc1ccc(Nc2nc(NCc3ccco3)nc3c2cnn3-c2ccccc2)cc1. The first kappa shape index (κ1) is 21.0. The standard InChI is InChI=1S/C23H18F2N6OS/c24-22(25)33-18-10-8-15(9-11-18)28-20-19-14-27-31(16-5-2-1-3-6-16)21(19)30-23(29-20)26-13-17-7-4-12-32-17/h1-12,14,22H,13H2,(H2,26,28,29,30). The second-order valence-electron chi connectivity index (χ2n) is 6.99. The van der Waals surface area contributed by atoms with Gasteiger partial charge < -0.3 is 15.1 Å². The predicted octanol–water partition coefficient (Wildman–Crippen LogP) is 6.08. The van der Waals surface area contributed by atoms with Gasteiger partial charge in [0.1, 0.15) is 11.6 Å². The van der Waals surface area contributed by atoms with Crippen LogP contribution >= 0.6 is 11.8 Å². The lowest BCUT2D eigenvalue weighted by molar-refractivity contribution is 0.252. The third-order valence-electron chi connectivity index (χ3n) is 4.77. The van der Waals surface area contributed by atoms with Crippen LogP contribution in [0.2, 0.25) is 0 Å². The summed E-state index contributed by atoms with van der Waals surface area (Å²) >= 11 is 0.506. The molecule has 0 unspecified atom stereocenters. The molecule has 7 nitrogen and oxygen atoms in total. The smallest absolute Gasteiger partial charge is 0.288 e. The Bertz CT molecular complexity index is 1340. The van der Waals surface area contributed by atoms with Crippen LogP contribution in [0.15, 0.2) is 88.5 Å². The number of rotatable bonds is 8. The second kappa shape index (κ2) is 9.29. The number of aromatic nitrogens is 4. The number of thioether (sulfide) groups is 1. The molecule has 0 saturated carbocycles. The number of nitrogens with one attached hydrogen (secondary N) is 2. The number of alkyl halides is 2. The zero-order valence-corrected chi connectivity index (χ0v) is 18.0. The van der Waals surface area contributed by atoms with Crippen molar-refractivity contribution in [2.24, 2.45) is 0 Å². The minimum Gasteiger partial charge on any atom is -0.467 e. The van der Waals surface area contributed by atoms with Gasteiger partial charge in [-0.25, -0.2) is 4.68 Å². The topological polar surface area (TPSA) is 80.8 Å². The molecular formula is C23H18F2N6OS. The van der Waals surface area contributed by atoms with Crippen LogP contribution < -0.4 is 10.6 Å². The van der Waals surface area contributed by atoms with E-state index in [0.717, 1.165) is 11.4 Å². The lowest BCUT2D eigenvalue weighted by Gasteiger charge is -2.11. The summed E-state index contributed by atoms with van der Waals surface area (Å²) in [4.78, 5) is 9.78. The highest BCUT2D eigenvalue weighted by molar-refractivity contribution is 7.99. The normalized spacial score (nSPS) is 11.2. The summed E-state index contributed by atoms with van der Waals surface area (Å²) in [7, 11) is 0. The average molecular weight is 465 g/mol. The average Bonchev–Trinajstić information content (AvgIpc) is 3.49. The first-order valence-corrected chi connectivity index (χ1v) is 10.9. The molecule has 2 N–H and O–H groups in total. The molecule has 0 aliphatic heterocycles. The van der Waals surface area contributed by atoms with Crippen LogP contribution in [-0.4, -0.2) is 25.5 Å². The molecule has 10 heteroatoms. The van der Waals surface area contributed by atoms with Crippen molar-refractivity contribution in [3.05, 3.63) is 85.0 Å². The fourth-order valence-corrected chi connectivity index (χ4v) is 3.78. The van der Waals surface area contributed by atoms with E-state index in [1.807, 2.05) is 42.5 Å². The van der Waals surface area contributed by atoms with Crippen LogP contribution in [0.4, 0.5) is 26.2 Å². The highest BCUT2D eigenvalue weighted by Crippen LogP contribution is 2.30. The fourth-order valence-electron chi connectivity index (χ4n) is 3.28. The molecule has 0 fully saturated rings. The summed E-state index contributed by atoms with van der Waals surface area (Å²) in [6.07, 6.45) is 3.30. The van der Waals surface area contributed by atoms with Gasteiger partial charge in [-0.05, 0) is 48.5 Å². The molecule has 3 heterocycles. The van der Waals surface area contributed by atoms with Gasteiger partial charge >= 0.3 is 0 Å². The van der Waals surface area contributed by atoms with Crippen LogP contribution in [0, 0.1) is 0 Å². The van der Waals surface area contributed by atoms with Crippen molar-refractivity contribution in [1.29, 1.82) is 0 Å². The number of anilines is 3. The van der Waals surface area contributed by atoms with E-state index in [1.54, 1.807) is 41.4 Å². The Kier molecular flexibility index (Phi) is 5.90. The Morgan fingerprint density at radius 1 is 0.970 bits per heavy atom. The number of furan rings is 1. The van der Waals surface area contributed by atoms with Crippen molar-refractivity contribution in [1.82, 2.24) is 19.7 Å². The molecule has 0 aliphatic rings. The van der Waals surface area contributed by atoms with Gasteiger partial charge in [-0.3, -0.25) is 0 Å². The molecule has 33 heavy (non-hydrogen) atoms. The maximum atomic E-state index is 12.6. The number of fused-ring (bicyclic) bond motifs is 1. The molecule has 5 rings (SSSR count). The Balaban J connectivity index is 1.51. The van der Waals surface area contributed by atoms with Gasteiger partial charge in [0.2, 0.25) is 5.95 Å². The van der Waals surface area contributed by atoms with Gasteiger partial charge in [-0.15, -0.1) is 0 Å². The van der Waals surface area contributed by atoms with Crippen molar-refractivity contribution in [2.45, 2.75) is 17.2 Å². The Morgan fingerprint density at radius 2 is 1.79 bits per heavy atom. The summed E-state index contributed by atoms with van der Waals surface area (Å²) < 4.78 is 32.3. The summed E-state index contributed by atoms with van der Waals surface area (Å²) in [6.45, 7) is 0.414. The first-order chi connectivity index (χ1) is 16.2. The molecule has 0 bridgehead atoms. The maximum absolute atomic E-state index is 12.6. The highest BCUT2D eigenvalue weighted by atomic mass is 32.2. The van der Waals surface area contributed by atoms with Gasteiger partial charge in [0.25, 0.3) is 5.76 Å². The lowest BCUT2D eigenvalue weighted by atomic mass is 10.3. The largest absolute Gasteiger partial charge is 0.467 e. The predicted molar refractivity (Wildman–Crippen MR) is 124 cm³/mol. The van der Waals surface area contributed by atoms with Gasteiger partial charge in [0.05, 0.1) is 30.1 Å². The Hall–Kier alpha value is -3.92. The van der Waals surface area contributed by atoms with Gasteiger partial charge in [0, 0.05) is 10.6 Å². The van der Waals surface area contributed by atoms with Crippen molar-refractivity contribution in [3.63, 3.8) is 0 Å². The second-order valence-corrected chi connectivity index (χ2v) is 8.05. The number of hydrogen-bond acceptors (Lipinski definition) is 7. The van der Waals surface area contributed by atoms with E-state index < -0.39 is 5.76 Å². The van der Waals surface area contributed by atoms with Crippen molar-refractivity contribution >= 4 is 40.2 Å². The Labute approximate surface area is 191 Å². The van der Waals surface area contributed by atoms with E-state index >= 15 is 0 Å². The number of para-hydroxylation sites is 1. The first-order valence-electron chi connectivity index (χ1n) is 10.0. The number of nitrogens with zero attached hydrogens (tertiary/aromatic N) is 4. The molecule has 0 saturated heterocycles. The van der Waals surface area contributed by atoms with Crippen LogP contribution in [-0.2, 0) is 6.54 Å². The van der Waals surface area contributed by atoms with Crippen molar-refractivity contribution < 1.29 is 13.2 Å². The quantitative estimate of drug-likeness (QED) is 0.269. The summed E-state index contributed by atoms with van der Waals surface area (Å²) in [5, 5.41) is 11.7. The number of hydrogen-bond donors (Lipinski definition) is 2. The van der Waals surface area contributed by atoms with Crippen LogP contribution in [0.25, 0.3) is 16.7 Å². The van der Waals surface area contributed by atoms with Crippen molar-refractivity contribution in [3.8, 4) is 5.69 Å². The monoisotopic (exact) mass is 464 g/mol. The number of benzene rings is 2. The molecule has 166 valence electrons. The van der Waals surface area contributed by atoms with E-state index in [9.17, 15) is 8.78 Å². The van der Waals surface area contributed by atoms with Crippen LogP contribution in [0.3, 0.4) is 0 Å². The zero-order chi connectivity index (χ0) is 22.6. The molecular weight excluding hydrogens is 446 g/mol. The molecule has 0 atom stereocenters. The molecule has 0 aliphatic carbocycles. The van der Waals surface area contributed by atoms with Crippen LogP contribution in [0.5, 0.6) is 0 Å². The highest BCUT2D eigenvalue weighted by Gasteiger charge is 2.15. The maximum Gasteiger partial charge on any atom is 0.288 e. The van der Waals surface area contributed by atoms with E-state index in [4.69, 9.17) is 4.42 Å². The molecule has 0 spiro atoms. The van der Waals surface area contributed by atoms with E-state index in [2.05, 4.69) is 25.7 Å². The van der Waals surface area contributed by atoms with E-state index in [-0.39, 0.29) is 0 Å². The summed E-state index contributed by atoms with van der Waals surface area (Å²) in [6, 6.07) is 20.1. The zero-order valence-electron chi connectivity index (χ0n) is 17.2. The molecule has 3 aromatic heterocycles. The molecule has 2 aromatic carbocycles. The molecule has 0 amide bonds. The molecule has 5 aromatic rings. The summed E-state index contributed by atoms with van der Waals surface area (Å²) in [5.74, 6) is -0.781. The van der Waals surface area contributed by atoms with E-state index in [0.29, 0.717) is 51.7 Å². The number of halogens is 2. The third kappa shape index (κ3) is 4.80. The lowest BCUT2D eigenvalue weighted by Crippen LogP contribution is -2.07. The Morgan fingerprint density at radius 3 is 2.52 bits per heavy atom. The fraction of sp³-hybridized carbons (Fsp3) is 0.0870. The van der Waals surface area contributed by atoms with Gasteiger partial charge in [0.15, 0.2) is 5.65 Å². The minimum atomic E-state index is -2.46. The van der Waals surface area contributed by atoms with Gasteiger partial charge in [-0.2, -0.15) is 23.8 Å². The van der Waals surface area contributed by atoms with Gasteiger partial charge in [-0.1, -0.05) is 30.0 Å². The summed E-state index contributed by atoms with van der Waals surface area (Å²) in [5.41, 5.74) is 2.19. The third-order valence-corrected chi connectivity index (χ3v) is 5.49. The van der Waals surface area contributed by atoms with E-state index in [1.165, 1.54) is 0 Å². The van der Waals surface area contributed by atoms with Crippen LogP contribution in [0.1, 0.15) is 5.76 Å². The molecule has 0 radical (unpaired) electrons. The minimum absolute atomic E-state index is 0.393.